The van der Waals surface area contributed by atoms with E-state index in [9.17, 15) is 9.59 Å². The molecule has 0 aliphatic heterocycles. The summed E-state index contributed by atoms with van der Waals surface area (Å²) >= 11 is 0. The predicted octanol–water partition coefficient (Wildman–Crippen LogP) is 2.53. The molecule has 0 radical (unpaired) electrons. The molecule has 112 valence electrons. The second-order valence-electron chi connectivity index (χ2n) is 4.87. The van der Waals surface area contributed by atoms with Crippen LogP contribution >= 0.6 is 0 Å². The zero-order chi connectivity index (χ0) is 15.1. The van der Waals surface area contributed by atoms with Gasteiger partial charge in [-0.2, -0.15) is 0 Å². The zero-order valence-corrected chi connectivity index (χ0v) is 12.0. The minimum Gasteiger partial charge on any atom is -0.497 e. The number of allylic oxidation sites excluding steroid dienone is 2. The van der Waals surface area contributed by atoms with Gasteiger partial charge in [-0.15, -0.1) is 0 Å². The molecule has 1 N–H and O–H groups in total. The van der Waals surface area contributed by atoms with Crippen LogP contribution in [0.5, 0.6) is 5.75 Å². The number of amides is 1. The third-order valence-corrected chi connectivity index (χ3v) is 3.32. The van der Waals surface area contributed by atoms with E-state index >= 15 is 0 Å². The molecular weight excluding hydrogens is 270 g/mol. The van der Waals surface area contributed by atoms with Crippen molar-refractivity contribution in [2.75, 3.05) is 19.0 Å². The van der Waals surface area contributed by atoms with Crippen LogP contribution in [0.25, 0.3) is 0 Å². The Balaban J connectivity index is 1.76. The molecule has 1 aromatic carbocycles. The van der Waals surface area contributed by atoms with Crippen LogP contribution < -0.4 is 10.1 Å². The molecule has 1 aliphatic rings. The monoisotopic (exact) mass is 289 g/mol. The van der Waals surface area contributed by atoms with Gasteiger partial charge in [-0.05, 0) is 43.5 Å². The lowest BCUT2D eigenvalue weighted by atomic mass is 9.95. The van der Waals surface area contributed by atoms with Gasteiger partial charge < -0.3 is 14.8 Å². The fourth-order valence-corrected chi connectivity index (χ4v) is 2.13. The third kappa shape index (κ3) is 4.63. The standard InChI is InChI=1S/C16H19NO4/c1-20-14-9-7-13(8-10-14)17-15(18)11-21-16(19)12-5-3-2-4-6-12/h2-3,7-10,12H,4-6,11H2,1H3,(H,17,18)/t12-/m1/s1. The van der Waals surface area contributed by atoms with E-state index in [0.29, 0.717) is 17.9 Å². The molecule has 0 spiro atoms. The van der Waals surface area contributed by atoms with E-state index in [0.717, 1.165) is 12.8 Å². The minimum atomic E-state index is -0.347. The number of rotatable bonds is 5. The van der Waals surface area contributed by atoms with Crippen LogP contribution in [0.2, 0.25) is 0 Å². The van der Waals surface area contributed by atoms with Crippen LogP contribution in [0.4, 0.5) is 5.69 Å². The summed E-state index contributed by atoms with van der Waals surface area (Å²) in [4.78, 5) is 23.5. The highest BCUT2D eigenvalue weighted by atomic mass is 16.5. The zero-order valence-electron chi connectivity index (χ0n) is 12.0. The van der Waals surface area contributed by atoms with Gasteiger partial charge in [0.25, 0.3) is 5.91 Å². The maximum atomic E-state index is 11.8. The third-order valence-electron chi connectivity index (χ3n) is 3.32. The lowest BCUT2D eigenvalue weighted by Crippen LogP contribution is -2.25. The smallest absolute Gasteiger partial charge is 0.309 e. The first-order valence-electron chi connectivity index (χ1n) is 6.94. The predicted molar refractivity (Wildman–Crippen MR) is 79.1 cm³/mol. The summed E-state index contributed by atoms with van der Waals surface area (Å²) in [6.45, 7) is -0.259. The summed E-state index contributed by atoms with van der Waals surface area (Å²) in [5, 5.41) is 2.67. The molecule has 1 aliphatic carbocycles. The van der Waals surface area contributed by atoms with E-state index in [2.05, 4.69) is 11.4 Å². The topological polar surface area (TPSA) is 64.6 Å². The van der Waals surface area contributed by atoms with Gasteiger partial charge in [-0.3, -0.25) is 9.59 Å². The molecule has 5 heteroatoms. The summed E-state index contributed by atoms with van der Waals surface area (Å²) < 4.78 is 10.1. The molecule has 0 saturated heterocycles. The second kappa shape index (κ2) is 7.47. The van der Waals surface area contributed by atoms with Crippen LogP contribution in [-0.4, -0.2) is 25.6 Å². The molecule has 5 nitrogen and oxygen atoms in total. The number of benzene rings is 1. The Labute approximate surface area is 123 Å². The molecule has 1 aromatic rings. The molecule has 0 heterocycles. The summed E-state index contributed by atoms with van der Waals surface area (Å²) in [5.74, 6) is -0.0577. The molecular formula is C16H19NO4. The first-order valence-corrected chi connectivity index (χ1v) is 6.94. The van der Waals surface area contributed by atoms with E-state index in [4.69, 9.17) is 9.47 Å². The highest BCUT2D eigenvalue weighted by Gasteiger charge is 2.20. The highest BCUT2D eigenvalue weighted by Crippen LogP contribution is 2.19. The first-order chi connectivity index (χ1) is 10.2. The SMILES string of the molecule is COc1ccc(NC(=O)COC(=O)[C@@H]2CC=CCC2)cc1. The van der Waals surface area contributed by atoms with E-state index in [1.54, 1.807) is 31.4 Å². The largest absolute Gasteiger partial charge is 0.497 e. The average molecular weight is 289 g/mol. The van der Waals surface area contributed by atoms with E-state index in [1.807, 2.05) is 6.08 Å². The van der Waals surface area contributed by atoms with Gasteiger partial charge >= 0.3 is 5.97 Å². The molecule has 0 saturated carbocycles. The molecule has 2 rings (SSSR count). The number of anilines is 1. The second-order valence-corrected chi connectivity index (χ2v) is 4.87. The van der Waals surface area contributed by atoms with Gasteiger partial charge in [0, 0.05) is 5.69 Å². The Kier molecular flexibility index (Phi) is 5.37. The van der Waals surface area contributed by atoms with Crippen LogP contribution in [0.15, 0.2) is 36.4 Å². The number of hydrogen-bond acceptors (Lipinski definition) is 4. The Morgan fingerprint density at radius 2 is 2.00 bits per heavy atom. The van der Waals surface area contributed by atoms with E-state index in [1.165, 1.54) is 0 Å². The van der Waals surface area contributed by atoms with Gasteiger partial charge in [0.15, 0.2) is 6.61 Å². The number of esters is 1. The Morgan fingerprint density at radius 1 is 1.24 bits per heavy atom. The molecule has 0 bridgehead atoms. The summed E-state index contributed by atoms with van der Waals surface area (Å²) in [6.07, 6.45) is 6.40. The Bertz CT molecular complexity index is 522. The summed E-state index contributed by atoms with van der Waals surface area (Å²) in [5.41, 5.74) is 0.637. The van der Waals surface area contributed by atoms with Gasteiger partial charge in [0.2, 0.25) is 0 Å². The highest BCUT2D eigenvalue weighted by molar-refractivity contribution is 5.92. The van der Waals surface area contributed by atoms with Crippen LogP contribution in [0.3, 0.4) is 0 Å². The molecule has 1 amide bonds. The fourth-order valence-electron chi connectivity index (χ4n) is 2.13. The van der Waals surface area contributed by atoms with E-state index in [-0.39, 0.29) is 24.4 Å². The number of hydrogen-bond donors (Lipinski definition) is 1. The van der Waals surface area contributed by atoms with Crippen LogP contribution in [-0.2, 0) is 14.3 Å². The van der Waals surface area contributed by atoms with Crippen LogP contribution in [0.1, 0.15) is 19.3 Å². The number of carbonyl (C=O) groups excluding carboxylic acids is 2. The number of nitrogens with one attached hydrogen (secondary N) is 1. The quantitative estimate of drug-likeness (QED) is 0.668. The molecule has 21 heavy (non-hydrogen) atoms. The van der Waals surface area contributed by atoms with Gasteiger partial charge in [-0.1, -0.05) is 12.2 Å². The van der Waals surface area contributed by atoms with Crippen molar-refractivity contribution >= 4 is 17.6 Å². The maximum Gasteiger partial charge on any atom is 0.309 e. The summed E-state index contributed by atoms with van der Waals surface area (Å²) in [7, 11) is 1.58. The van der Waals surface area contributed by atoms with Gasteiger partial charge in [-0.25, -0.2) is 0 Å². The number of carbonyl (C=O) groups is 2. The lowest BCUT2D eigenvalue weighted by Gasteiger charge is -2.16. The first kappa shape index (κ1) is 15.1. The minimum absolute atomic E-state index is 0.121. The van der Waals surface area contributed by atoms with Crippen LogP contribution in [0, 0.1) is 5.92 Å². The normalized spacial score (nSPS) is 17.1. The van der Waals surface area contributed by atoms with E-state index < -0.39 is 0 Å². The molecule has 0 fully saturated rings. The van der Waals surface area contributed by atoms with Crippen molar-refractivity contribution in [1.82, 2.24) is 0 Å². The molecule has 1 atom stereocenters. The van der Waals surface area contributed by atoms with Crippen molar-refractivity contribution in [3.8, 4) is 5.75 Å². The maximum absolute atomic E-state index is 11.8. The lowest BCUT2D eigenvalue weighted by molar-refractivity contribution is -0.151. The van der Waals surface area contributed by atoms with Crippen molar-refractivity contribution in [1.29, 1.82) is 0 Å². The number of methoxy groups -OCH3 is 1. The Hall–Kier alpha value is -2.30. The fraction of sp³-hybridized carbons (Fsp3) is 0.375. The summed E-state index contributed by atoms with van der Waals surface area (Å²) in [6, 6.07) is 6.95. The molecule has 0 unspecified atom stereocenters. The van der Waals surface area contributed by atoms with Crippen molar-refractivity contribution in [3.63, 3.8) is 0 Å². The van der Waals surface area contributed by atoms with Crippen molar-refractivity contribution in [2.24, 2.45) is 5.92 Å². The Morgan fingerprint density at radius 3 is 2.62 bits per heavy atom. The average Bonchev–Trinajstić information content (AvgIpc) is 2.54. The number of ether oxygens (including phenoxy) is 2. The van der Waals surface area contributed by atoms with Gasteiger partial charge in [0.05, 0.1) is 13.0 Å². The van der Waals surface area contributed by atoms with Crippen molar-refractivity contribution < 1.29 is 19.1 Å². The molecule has 0 aromatic heterocycles. The van der Waals surface area contributed by atoms with Crippen molar-refractivity contribution in [3.05, 3.63) is 36.4 Å². The van der Waals surface area contributed by atoms with Crippen molar-refractivity contribution in [2.45, 2.75) is 19.3 Å². The van der Waals surface area contributed by atoms with Gasteiger partial charge in [0.1, 0.15) is 5.75 Å².